The number of likely N-dealkylation sites (N-methyl/N-ethyl adjacent to an activating group) is 1. The van der Waals surface area contributed by atoms with Crippen LogP contribution in [0.2, 0.25) is 0 Å². The van der Waals surface area contributed by atoms with Gasteiger partial charge in [-0.15, -0.1) is 12.6 Å². The van der Waals surface area contributed by atoms with Crippen molar-refractivity contribution in [3.8, 4) is 0 Å². The van der Waals surface area contributed by atoms with Crippen LogP contribution in [-0.2, 0) is 11.2 Å². The van der Waals surface area contributed by atoms with Crippen molar-refractivity contribution in [3.63, 3.8) is 0 Å². The lowest BCUT2D eigenvalue weighted by Gasteiger charge is -2.18. The quantitative estimate of drug-likeness (QED) is 0.777. The second-order valence-electron chi connectivity index (χ2n) is 3.41. The molecule has 1 aromatic carbocycles. The van der Waals surface area contributed by atoms with E-state index in [2.05, 4.69) is 12.6 Å². The molecule has 0 heterocycles. The van der Waals surface area contributed by atoms with E-state index in [9.17, 15) is 4.79 Å². The maximum absolute atomic E-state index is 11.8. The van der Waals surface area contributed by atoms with Gasteiger partial charge in [-0.25, -0.2) is 0 Å². The smallest absolute Gasteiger partial charge is 0.226 e. The lowest BCUT2D eigenvalue weighted by Crippen LogP contribution is -2.31. The van der Waals surface area contributed by atoms with Gasteiger partial charge in [0.1, 0.15) is 0 Å². The summed E-state index contributed by atoms with van der Waals surface area (Å²) >= 11 is 4.20. The van der Waals surface area contributed by atoms with Gasteiger partial charge in [0.05, 0.1) is 6.42 Å². The van der Waals surface area contributed by atoms with Gasteiger partial charge in [-0.2, -0.15) is 0 Å². The Bertz CT molecular complexity index is 317. The van der Waals surface area contributed by atoms with Gasteiger partial charge >= 0.3 is 0 Å². The van der Waals surface area contributed by atoms with Crippen LogP contribution in [0.4, 0.5) is 0 Å². The van der Waals surface area contributed by atoms with E-state index >= 15 is 0 Å². The zero-order valence-corrected chi connectivity index (χ0v) is 10.1. The summed E-state index contributed by atoms with van der Waals surface area (Å²) in [6, 6.07) is 7.72. The van der Waals surface area contributed by atoms with Crippen molar-refractivity contribution >= 4 is 18.5 Å². The van der Waals surface area contributed by atoms with Gasteiger partial charge in [-0.1, -0.05) is 12.1 Å². The number of rotatable bonds is 4. The lowest BCUT2D eigenvalue weighted by molar-refractivity contribution is -0.130. The molecule has 0 spiro atoms. The summed E-state index contributed by atoms with van der Waals surface area (Å²) < 4.78 is 0. The zero-order chi connectivity index (χ0) is 11.3. The predicted octanol–water partition coefficient (Wildman–Crippen LogP) is 2.39. The maximum Gasteiger partial charge on any atom is 0.226 e. The average molecular weight is 223 g/mol. The van der Waals surface area contributed by atoms with Crippen molar-refractivity contribution in [2.45, 2.75) is 25.2 Å². The van der Waals surface area contributed by atoms with Crippen LogP contribution in [0.15, 0.2) is 29.2 Å². The van der Waals surface area contributed by atoms with Gasteiger partial charge < -0.3 is 4.90 Å². The first-order chi connectivity index (χ1) is 7.17. The molecule has 1 aromatic rings. The summed E-state index contributed by atoms with van der Waals surface area (Å²) in [7, 11) is 0. The summed E-state index contributed by atoms with van der Waals surface area (Å²) in [5.74, 6) is 0.187. The Morgan fingerprint density at radius 1 is 1.20 bits per heavy atom. The molecule has 82 valence electrons. The minimum Gasteiger partial charge on any atom is -0.343 e. The van der Waals surface area contributed by atoms with Crippen LogP contribution < -0.4 is 0 Å². The Labute approximate surface area is 96.7 Å². The molecule has 0 N–H and O–H groups in total. The van der Waals surface area contributed by atoms with E-state index in [1.807, 2.05) is 43.0 Å². The molecule has 1 rings (SSSR count). The van der Waals surface area contributed by atoms with Crippen molar-refractivity contribution < 1.29 is 4.79 Å². The number of hydrogen-bond donors (Lipinski definition) is 1. The second kappa shape index (κ2) is 5.81. The van der Waals surface area contributed by atoms with Gasteiger partial charge in [0, 0.05) is 18.0 Å². The molecule has 15 heavy (non-hydrogen) atoms. The second-order valence-corrected chi connectivity index (χ2v) is 3.93. The first-order valence-electron chi connectivity index (χ1n) is 5.23. The molecule has 3 heteroatoms. The Kier molecular flexibility index (Phi) is 4.69. The van der Waals surface area contributed by atoms with Crippen molar-refractivity contribution in [1.82, 2.24) is 4.90 Å². The predicted molar refractivity (Wildman–Crippen MR) is 65.3 cm³/mol. The normalized spacial score (nSPS) is 10.1. The molecule has 0 aromatic heterocycles. The fourth-order valence-electron chi connectivity index (χ4n) is 1.48. The molecule has 0 radical (unpaired) electrons. The van der Waals surface area contributed by atoms with Crippen molar-refractivity contribution in [1.29, 1.82) is 0 Å². The third-order valence-corrected chi connectivity index (χ3v) is 2.71. The molecule has 0 unspecified atom stereocenters. The molecule has 0 saturated heterocycles. The van der Waals surface area contributed by atoms with E-state index in [-0.39, 0.29) is 5.91 Å². The highest BCUT2D eigenvalue weighted by molar-refractivity contribution is 7.80. The van der Waals surface area contributed by atoms with Crippen LogP contribution in [0, 0.1) is 0 Å². The standard InChI is InChI=1S/C12H17NOS/c1-3-13(4-2)12(14)9-10-5-7-11(15)8-6-10/h5-8,15H,3-4,9H2,1-2H3. The minimum absolute atomic E-state index is 0.187. The minimum atomic E-state index is 0.187. The third-order valence-electron chi connectivity index (χ3n) is 2.41. The SMILES string of the molecule is CCN(CC)C(=O)Cc1ccc(S)cc1. The van der Waals surface area contributed by atoms with Crippen LogP contribution in [0.3, 0.4) is 0 Å². The summed E-state index contributed by atoms with van der Waals surface area (Å²) in [5, 5.41) is 0. The van der Waals surface area contributed by atoms with E-state index in [0.29, 0.717) is 6.42 Å². The van der Waals surface area contributed by atoms with Crippen LogP contribution in [0.1, 0.15) is 19.4 Å². The van der Waals surface area contributed by atoms with Crippen molar-refractivity contribution in [3.05, 3.63) is 29.8 Å². The fraction of sp³-hybridized carbons (Fsp3) is 0.417. The maximum atomic E-state index is 11.8. The molecule has 0 fully saturated rings. The lowest BCUT2D eigenvalue weighted by atomic mass is 10.1. The number of amides is 1. The fourth-order valence-corrected chi connectivity index (χ4v) is 1.63. The number of benzene rings is 1. The molecular weight excluding hydrogens is 206 g/mol. The van der Waals surface area contributed by atoms with E-state index < -0.39 is 0 Å². The van der Waals surface area contributed by atoms with E-state index in [0.717, 1.165) is 23.5 Å². The molecule has 1 amide bonds. The number of carbonyl (C=O) groups excluding carboxylic acids is 1. The number of nitrogens with zero attached hydrogens (tertiary/aromatic N) is 1. The van der Waals surface area contributed by atoms with Gasteiger partial charge in [0.2, 0.25) is 5.91 Å². The highest BCUT2D eigenvalue weighted by Gasteiger charge is 2.09. The average Bonchev–Trinajstić information content (AvgIpc) is 2.23. The Balaban J connectivity index is 2.61. The summed E-state index contributed by atoms with van der Waals surface area (Å²) in [6.07, 6.45) is 0.482. The largest absolute Gasteiger partial charge is 0.343 e. The zero-order valence-electron chi connectivity index (χ0n) is 9.23. The number of hydrogen-bond acceptors (Lipinski definition) is 2. The number of carbonyl (C=O) groups is 1. The van der Waals surface area contributed by atoms with Gasteiger partial charge in [0.25, 0.3) is 0 Å². The van der Waals surface area contributed by atoms with Gasteiger partial charge in [0.15, 0.2) is 0 Å². The van der Waals surface area contributed by atoms with E-state index in [1.165, 1.54) is 0 Å². The first-order valence-corrected chi connectivity index (χ1v) is 5.67. The molecular formula is C12H17NOS. The van der Waals surface area contributed by atoms with Crippen LogP contribution in [0.25, 0.3) is 0 Å². The molecule has 0 aliphatic heterocycles. The summed E-state index contributed by atoms with van der Waals surface area (Å²) in [6.45, 7) is 5.55. The Morgan fingerprint density at radius 3 is 2.20 bits per heavy atom. The van der Waals surface area contributed by atoms with Crippen LogP contribution in [-0.4, -0.2) is 23.9 Å². The van der Waals surface area contributed by atoms with Crippen molar-refractivity contribution in [2.24, 2.45) is 0 Å². The molecule has 0 aliphatic carbocycles. The molecule has 0 atom stereocenters. The Morgan fingerprint density at radius 2 is 1.73 bits per heavy atom. The Hall–Kier alpha value is -0.960. The van der Waals surface area contributed by atoms with Gasteiger partial charge in [-0.05, 0) is 31.5 Å². The van der Waals surface area contributed by atoms with Crippen LogP contribution >= 0.6 is 12.6 Å². The highest BCUT2D eigenvalue weighted by Crippen LogP contribution is 2.09. The summed E-state index contributed by atoms with van der Waals surface area (Å²) in [4.78, 5) is 14.5. The first kappa shape index (κ1) is 12.1. The van der Waals surface area contributed by atoms with Crippen LogP contribution in [0.5, 0.6) is 0 Å². The highest BCUT2D eigenvalue weighted by atomic mass is 32.1. The van der Waals surface area contributed by atoms with E-state index in [4.69, 9.17) is 0 Å². The topological polar surface area (TPSA) is 20.3 Å². The van der Waals surface area contributed by atoms with Gasteiger partial charge in [-0.3, -0.25) is 4.79 Å². The number of thiol groups is 1. The monoisotopic (exact) mass is 223 g/mol. The molecule has 0 saturated carbocycles. The molecule has 2 nitrogen and oxygen atoms in total. The molecule has 0 bridgehead atoms. The third kappa shape index (κ3) is 3.59. The molecule has 0 aliphatic rings. The van der Waals surface area contributed by atoms with Crippen molar-refractivity contribution in [2.75, 3.05) is 13.1 Å². The van der Waals surface area contributed by atoms with E-state index in [1.54, 1.807) is 0 Å². The summed E-state index contributed by atoms with van der Waals surface area (Å²) in [5.41, 5.74) is 1.05.